The lowest BCUT2D eigenvalue weighted by Crippen LogP contribution is -2.22. The van der Waals surface area contributed by atoms with Crippen LogP contribution in [0, 0.1) is 0 Å². The summed E-state index contributed by atoms with van der Waals surface area (Å²) in [7, 11) is 0. The molecule has 0 bridgehead atoms. The molecule has 3 aromatic rings. The van der Waals surface area contributed by atoms with Crippen LogP contribution in [0.4, 0.5) is 24.5 Å². The highest BCUT2D eigenvalue weighted by atomic mass is 19.4. The van der Waals surface area contributed by atoms with Crippen LogP contribution in [0.1, 0.15) is 24.8 Å². The fourth-order valence-electron chi connectivity index (χ4n) is 3.67. The maximum atomic E-state index is 13.2. The van der Waals surface area contributed by atoms with E-state index in [4.69, 9.17) is 0 Å². The molecule has 1 aliphatic rings. The van der Waals surface area contributed by atoms with E-state index in [2.05, 4.69) is 10.3 Å². The minimum absolute atomic E-state index is 0.135. The van der Waals surface area contributed by atoms with Gasteiger partial charge in [0.1, 0.15) is 0 Å². The van der Waals surface area contributed by atoms with E-state index < -0.39 is 11.7 Å². The first-order valence-corrected chi connectivity index (χ1v) is 9.58. The van der Waals surface area contributed by atoms with E-state index >= 15 is 0 Å². The molecule has 1 aliphatic heterocycles. The quantitative estimate of drug-likeness (QED) is 0.674. The molecule has 0 radical (unpaired) electrons. The molecule has 0 saturated carbocycles. The zero-order valence-corrected chi connectivity index (χ0v) is 15.7. The van der Waals surface area contributed by atoms with Crippen LogP contribution in [-0.4, -0.2) is 28.5 Å². The molecule has 8 heteroatoms. The van der Waals surface area contributed by atoms with E-state index in [1.807, 2.05) is 33.7 Å². The maximum Gasteiger partial charge on any atom is 0.416 e. The molecule has 29 heavy (non-hydrogen) atoms. The van der Waals surface area contributed by atoms with Gasteiger partial charge in [0.15, 0.2) is 0 Å². The molecule has 1 saturated heterocycles. The number of carbonyl (C=O) groups excluding carboxylic acids is 1. The van der Waals surface area contributed by atoms with Gasteiger partial charge in [-0.15, -0.1) is 0 Å². The lowest BCUT2D eigenvalue weighted by Gasteiger charge is -2.23. The van der Waals surface area contributed by atoms with Crippen molar-refractivity contribution in [3.8, 4) is 0 Å². The van der Waals surface area contributed by atoms with E-state index in [9.17, 15) is 18.0 Å². The average Bonchev–Trinajstić information content (AvgIpc) is 3.36. The highest BCUT2D eigenvalue weighted by molar-refractivity contribution is 5.94. The standard InChI is InChI=1S/C21H21F3N4O/c22-21(23,24)15-7-8-19(27-10-3-4-11-27)17(13-15)26-20(29)9-12-28-14-25-16-5-1-2-6-18(16)28/h1-2,5-8,13-14H,3-4,9-12H2,(H,26,29). The highest BCUT2D eigenvalue weighted by Gasteiger charge is 2.32. The van der Waals surface area contributed by atoms with Crippen LogP contribution < -0.4 is 10.2 Å². The van der Waals surface area contributed by atoms with Gasteiger partial charge in [-0.3, -0.25) is 4.79 Å². The fourth-order valence-corrected chi connectivity index (χ4v) is 3.67. The van der Waals surface area contributed by atoms with Gasteiger partial charge in [-0.25, -0.2) is 4.98 Å². The Morgan fingerprint density at radius 1 is 1.10 bits per heavy atom. The number of benzene rings is 2. The molecule has 0 unspecified atom stereocenters. The lowest BCUT2D eigenvalue weighted by atomic mass is 10.1. The van der Waals surface area contributed by atoms with Gasteiger partial charge in [0.2, 0.25) is 5.91 Å². The number of hydrogen-bond acceptors (Lipinski definition) is 3. The highest BCUT2D eigenvalue weighted by Crippen LogP contribution is 2.36. The minimum Gasteiger partial charge on any atom is -0.370 e. The van der Waals surface area contributed by atoms with Crippen molar-refractivity contribution in [1.82, 2.24) is 9.55 Å². The summed E-state index contributed by atoms with van der Waals surface area (Å²) in [5.41, 5.74) is 1.83. The molecule has 1 amide bonds. The molecule has 1 N–H and O–H groups in total. The van der Waals surface area contributed by atoms with Crippen LogP contribution in [0.15, 0.2) is 48.8 Å². The van der Waals surface area contributed by atoms with Crippen LogP contribution in [0.3, 0.4) is 0 Å². The molecule has 0 spiro atoms. The third-order valence-corrected chi connectivity index (χ3v) is 5.15. The molecule has 1 aromatic heterocycles. The van der Waals surface area contributed by atoms with Crippen LogP contribution in [0.2, 0.25) is 0 Å². The summed E-state index contributed by atoms with van der Waals surface area (Å²) in [5.74, 6) is -0.331. The number of rotatable bonds is 5. The number of aromatic nitrogens is 2. The van der Waals surface area contributed by atoms with Crippen molar-refractivity contribution in [1.29, 1.82) is 0 Å². The predicted molar refractivity (Wildman–Crippen MR) is 106 cm³/mol. The second kappa shape index (κ2) is 7.77. The molecule has 152 valence electrons. The van der Waals surface area contributed by atoms with Gasteiger partial charge in [0.25, 0.3) is 0 Å². The van der Waals surface area contributed by atoms with Crippen LogP contribution >= 0.6 is 0 Å². The Bertz CT molecular complexity index is 1020. The summed E-state index contributed by atoms with van der Waals surface area (Å²) >= 11 is 0. The number of hydrogen-bond donors (Lipinski definition) is 1. The lowest BCUT2D eigenvalue weighted by molar-refractivity contribution is -0.137. The Morgan fingerprint density at radius 3 is 2.62 bits per heavy atom. The van der Waals surface area contributed by atoms with Crippen molar-refractivity contribution in [2.45, 2.75) is 32.0 Å². The van der Waals surface area contributed by atoms with Crippen LogP contribution in [0.25, 0.3) is 11.0 Å². The maximum absolute atomic E-state index is 13.2. The van der Waals surface area contributed by atoms with Gasteiger partial charge in [-0.1, -0.05) is 12.1 Å². The number of carbonyl (C=O) groups is 1. The van der Waals surface area contributed by atoms with Crippen LogP contribution in [0.5, 0.6) is 0 Å². The second-order valence-electron chi connectivity index (χ2n) is 7.15. The fraction of sp³-hybridized carbons (Fsp3) is 0.333. The van der Waals surface area contributed by atoms with E-state index in [1.54, 1.807) is 6.33 Å². The van der Waals surface area contributed by atoms with Gasteiger partial charge in [0.05, 0.1) is 34.3 Å². The molecule has 0 aliphatic carbocycles. The average molecular weight is 402 g/mol. The number of halogens is 3. The third kappa shape index (κ3) is 4.21. The summed E-state index contributed by atoms with van der Waals surface area (Å²) in [6, 6.07) is 11.1. The van der Waals surface area contributed by atoms with Gasteiger partial charge < -0.3 is 14.8 Å². The van der Waals surface area contributed by atoms with E-state index in [1.165, 1.54) is 6.07 Å². The molecule has 5 nitrogen and oxygen atoms in total. The number of amides is 1. The summed E-state index contributed by atoms with van der Waals surface area (Å²) in [6.07, 6.45) is -0.684. The van der Waals surface area contributed by atoms with Crippen LogP contribution in [-0.2, 0) is 17.5 Å². The normalized spacial score (nSPS) is 14.5. The number of fused-ring (bicyclic) bond motifs is 1. The number of anilines is 2. The van der Waals surface area contributed by atoms with Crippen molar-refractivity contribution < 1.29 is 18.0 Å². The number of para-hydroxylation sites is 2. The summed E-state index contributed by atoms with van der Waals surface area (Å²) in [5, 5.41) is 2.70. The van der Waals surface area contributed by atoms with Gasteiger partial charge >= 0.3 is 6.18 Å². The Balaban J connectivity index is 1.51. The van der Waals surface area contributed by atoms with Crippen molar-refractivity contribution in [2.75, 3.05) is 23.3 Å². The van der Waals surface area contributed by atoms with Gasteiger partial charge in [-0.05, 0) is 43.2 Å². The number of imidazole rings is 1. The minimum atomic E-state index is -4.46. The monoisotopic (exact) mass is 402 g/mol. The largest absolute Gasteiger partial charge is 0.416 e. The number of aryl methyl sites for hydroxylation is 1. The van der Waals surface area contributed by atoms with Crippen molar-refractivity contribution in [3.05, 3.63) is 54.4 Å². The second-order valence-corrected chi connectivity index (χ2v) is 7.15. The molecule has 1 fully saturated rings. The van der Waals surface area contributed by atoms with Gasteiger partial charge in [0, 0.05) is 26.1 Å². The third-order valence-electron chi connectivity index (χ3n) is 5.15. The zero-order chi connectivity index (χ0) is 20.4. The number of nitrogens with zero attached hydrogens (tertiary/aromatic N) is 3. The Labute approximate surface area is 166 Å². The molecule has 2 aromatic carbocycles. The summed E-state index contributed by atoms with van der Waals surface area (Å²) in [6.45, 7) is 1.94. The number of nitrogens with one attached hydrogen (secondary N) is 1. The SMILES string of the molecule is O=C(CCn1cnc2ccccc21)Nc1cc(C(F)(F)F)ccc1N1CCCC1. The zero-order valence-electron chi connectivity index (χ0n) is 15.7. The first-order chi connectivity index (χ1) is 13.9. The van der Waals surface area contributed by atoms with Crippen molar-refractivity contribution >= 4 is 28.3 Å². The molecular formula is C21H21F3N4O. The summed E-state index contributed by atoms with van der Waals surface area (Å²) < 4.78 is 41.3. The van der Waals surface area contributed by atoms with Gasteiger partial charge in [-0.2, -0.15) is 13.2 Å². The van der Waals surface area contributed by atoms with E-state index in [0.29, 0.717) is 12.2 Å². The van der Waals surface area contributed by atoms with E-state index in [-0.39, 0.29) is 18.0 Å². The van der Waals surface area contributed by atoms with E-state index in [0.717, 1.165) is 49.1 Å². The Morgan fingerprint density at radius 2 is 1.86 bits per heavy atom. The topological polar surface area (TPSA) is 50.2 Å². The first kappa shape index (κ1) is 19.3. The van der Waals surface area contributed by atoms with Crippen molar-refractivity contribution in [2.24, 2.45) is 0 Å². The first-order valence-electron chi connectivity index (χ1n) is 9.58. The summed E-state index contributed by atoms with van der Waals surface area (Å²) in [4.78, 5) is 18.8. The van der Waals surface area contributed by atoms with Crippen molar-refractivity contribution in [3.63, 3.8) is 0 Å². The molecule has 0 atom stereocenters. The number of alkyl halides is 3. The molecule has 4 rings (SSSR count). The molecule has 2 heterocycles. The smallest absolute Gasteiger partial charge is 0.370 e. The Kier molecular flexibility index (Phi) is 5.17. The Hall–Kier alpha value is -3.03. The predicted octanol–water partition coefficient (Wildman–Crippen LogP) is 4.68. The molecular weight excluding hydrogens is 381 g/mol.